The maximum Gasteiger partial charge on any atom is 0.269 e. The topological polar surface area (TPSA) is 54.0 Å². The molecule has 1 aromatic carbocycles. The molecule has 1 heterocycles. The first-order valence-electron chi connectivity index (χ1n) is 7.81. The van der Waals surface area contributed by atoms with E-state index < -0.39 is 0 Å². The lowest BCUT2D eigenvalue weighted by molar-refractivity contribution is 0.0948. The maximum atomic E-state index is 12.0. The van der Waals surface area contributed by atoms with Crippen LogP contribution in [-0.2, 0) is 6.54 Å². The van der Waals surface area contributed by atoms with Crippen LogP contribution in [0.3, 0.4) is 0 Å². The average Bonchev–Trinajstić information content (AvgIpc) is 2.58. The molecule has 4 nitrogen and oxygen atoms in total. The van der Waals surface area contributed by atoms with Crippen LogP contribution in [0.5, 0.6) is 0 Å². The van der Waals surface area contributed by atoms with Crippen molar-refractivity contribution in [1.29, 1.82) is 0 Å². The van der Waals surface area contributed by atoms with Crippen molar-refractivity contribution < 1.29 is 4.79 Å². The molecular weight excluding hydrogens is 274 g/mol. The van der Waals surface area contributed by atoms with Gasteiger partial charge >= 0.3 is 0 Å². The summed E-state index contributed by atoms with van der Waals surface area (Å²) < 4.78 is 0. The molecule has 2 rings (SSSR count). The minimum Gasteiger partial charge on any atom is -0.381 e. The predicted octanol–water partition coefficient (Wildman–Crippen LogP) is 3.61. The second-order valence-corrected chi connectivity index (χ2v) is 5.23. The van der Waals surface area contributed by atoms with Gasteiger partial charge in [-0.25, -0.2) is 0 Å². The molecule has 0 aliphatic carbocycles. The quantitative estimate of drug-likeness (QED) is 0.732. The molecule has 0 saturated carbocycles. The van der Waals surface area contributed by atoms with Crippen molar-refractivity contribution in [2.75, 3.05) is 11.9 Å². The molecule has 22 heavy (non-hydrogen) atoms. The van der Waals surface area contributed by atoms with E-state index in [1.807, 2.05) is 24.3 Å². The largest absolute Gasteiger partial charge is 0.381 e. The summed E-state index contributed by atoms with van der Waals surface area (Å²) in [6, 6.07) is 13.8. The minimum atomic E-state index is -0.112. The van der Waals surface area contributed by atoms with Gasteiger partial charge in [0.15, 0.2) is 0 Å². The van der Waals surface area contributed by atoms with Crippen LogP contribution in [0.1, 0.15) is 42.2 Å². The molecule has 116 valence electrons. The number of aromatic nitrogens is 1. The molecule has 0 fully saturated rings. The number of anilines is 1. The monoisotopic (exact) mass is 297 g/mol. The third-order valence-electron chi connectivity index (χ3n) is 3.40. The van der Waals surface area contributed by atoms with Crippen molar-refractivity contribution in [3.8, 4) is 0 Å². The van der Waals surface area contributed by atoms with E-state index in [9.17, 15) is 4.79 Å². The smallest absolute Gasteiger partial charge is 0.269 e. The molecule has 0 spiro atoms. The molecule has 0 unspecified atom stereocenters. The van der Waals surface area contributed by atoms with Gasteiger partial charge in [-0.15, -0.1) is 0 Å². The lowest BCUT2D eigenvalue weighted by Gasteiger charge is -2.08. The van der Waals surface area contributed by atoms with Gasteiger partial charge < -0.3 is 10.6 Å². The summed E-state index contributed by atoms with van der Waals surface area (Å²) in [4.78, 5) is 16.2. The molecule has 1 aromatic heterocycles. The number of rotatable bonds is 8. The van der Waals surface area contributed by atoms with Gasteiger partial charge in [0, 0.05) is 25.0 Å². The maximum absolute atomic E-state index is 12.0. The fourth-order valence-electron chi connectivity index (χ4n) is 2.13. The van der Waals surface area contributed by atoms with E-state index in [0.29, 0.717) is 12.2 Å². The first kappa shape index (κ1) is 16.0. The highest BCUT2D eigenvalue weighted by Gasteiger charge is 2.07. The van der Waals surface area contributed by atoms with Crippen LogP contribution in [0.4, 0.5) is 5.69 Å². The summed E-state index contributed by atoms with van der Waals surface area (Å²) in [6.07, 6.45) is 4.95. The third-order valence-corrected chi connectivity index (χ3v) is 3.40. The number of unbranched alkanes of at least 4 members (excludes halogenated alkanes) is 2. The van der Waals surface area contributed by atoms with Crippen molar-refractivity contribution in [2.45, 2.75) is 32.7 Å². The molecule has 0 atom stereocenters. The van der Waals surface area contributed by atoms with Gasteiger partial charge in [-0.1, -0.05) is 50.1 Å². The van der Waals surface area contributed by atoms with E-state index in [1.54, 1.807) is 12.3 Å². The van der Waals surface area contributed by atoms with Gasteiger partial charge in [0.05, 0.1) is 0 Å². The average molecular weight is 297 g/mol. The van der Waals surface area contributed by atoms with Crippen LogP contribution >= 0.6 is 0 Å². The van der Waals surface area contributed by atoms with Crippen LogP contribution in [0.25, 0.3) is 0 Å². The Hall–Kier alpha value is -2.36. The Labute approximate surface area is 132 Å². The van der Waals surface area contributed by atoms with Crippen LogP contribution < -0.4 is 10.6 Å². The normalized spacial score (nSPS) is 10.2. The Bertz CT molecular complexity index is 584. The van der Waals surface area contributed by atoms with Crippen LogP contribution in [0, 0.1) is 0 Å². The number of nitrogens with zero attached hydrogens (tertiary/aromatic N) is 1. The van der Waals surface area contributed by atoms with Crippen molar-refractivity contribution >= 4 is 11.6 Å². The number of carbonyl (C=O) groups excluding carboxylic acids is 1. The van der Waals surface area contributed by atoms with Gasteiger partial charge in [0.25, 0.3) is 5.91 Å². The van der Waals surface area contributed by atoms with Gasteiger partial charge in [0.1, 0.15) is 5.69 Å². The summed E-state index contributed by atoms with van der Waals surface area (Å²) in [6.45, 7) is 3.57. The molecule has 0 bridgehead atoms. The van der Waals surface area contributed by atoms with Crippen LogP contribution in [-0.4, -0.2) is 17.4 Å². The van der Waals surface area contributed by atoms with E-state index in [-0.39, 0.29) is 5.91 Å². The molecule has 2 N–H and O–H groups in total. The summed E-state index contributed by atoms with van der Waals surface area (Å²) in [5.41, 5.74) is 2.55. The zero-order valence-corrected chi connectivity index (χ0v) is 13.0. The number of benzene rings is 1. The van der Waals surface area contributed by atoms with Crippen molar-refractivity contribution in [1.82, 2.24) is 10.3 Å². The Balaban J connectivity index is 1.87. The van der Waals surface area contributed by atoms with Crippen molar-refractivity contribution in [2.24, 2.45) is 0 Å². The summed E-state index contributed by atoms with van der Waals surface area (Å²) in [5, 5.41) is 6.22. The Morgan fingerprint density at radius 1 is 1.14 bits per heavy atom. The third kappa shape index (κ3) is 5.20. The molecule has 0 aliphatic rings. The van der Waals surface area contributed by atoms with Gasteiger partial charge in [-0.3, -0.25) is 9.78 Å². The van der Waals surface area contributed by atoms with Gasteiger partial charge in [-0.2, -0.15) is 0 Å². The zero-order valence-electron chi connectivity index (χ0n) is 13.0. The highest BCUT2D eigenvalue weighted by Crippen LogP contribution is 2.10. The Morgan fingerprint density at radius 2 is 1.95 bits per heavy atom. The lowest BCUT2D eigenvalue weighted by Crippen LogP contribution is -2.25. The van der Waals surface area contributed by atoms with Gasteiger partial charge in [0.2, 0.25) is 0 Å². The highest BCUT2D eigenvalue weighted by molar-refractivity contribution is 5.93. The SMILES string of the molecule is CCCCCNC(=O)c1cc(NCc2ccccc2)ccn1. The number of hydrogen-bond donors (Lipinski definition) is 2. The minimum absolute atomic E-state index is 0.112. The number of amides is 1. The van der Waals surface area contributed by atoms with Crippen LogP contribution in [0.2, 0.25) is 0 Å². The van der Waals surface area contributed by atoms with Crippen LogP contribution in [0.15, 0.2) is 48.7 Å². The highest BCUT2D eigenvalue weighted by atomic mass is 16.1. The molecular formula is C18H23N3O. The summed E-state index contributed by atoms with van der Waals surface area (Å²) in [5.74, 6) is -0.112. The second-order valence-electron chi connectivity index (χ2n) is 5.23. The second kappa shape index (κ2) is 8.82. The zero-order chi connectivity index (χ0) is 15.6. The predicted molar refractivity (Wildman–Crippen MR) is 89.9 cm³/mol. The molecule has 4 heteroatoms. The molecule has 0 saturated heterocycles. The number of nitrogens with one attached hydrogen (secondary N) is 2. The fourth-order valence-corrected chi connectivity index (χ4v) is 2.13. The first-order chi connectivity index (χ1) is 10.8. The summed E-state index contributed by atoms with van der Waals surface area (Å²) in [7, 11) is 0. The fraction of sp³-hybridized carbons (Fsp3) is 0.333. The Kier molecular flexibility index (Phi) is 6.42. The van der Waals surface area contributed by atoms with Crippen molar-refractivity contribution in [3.63, 3.8) is 0 Å². The summed E-state index contributed by atoms with van der Waals surface area (Å²) >= 11 is 0. The lowest BCUT2D eigenvalue weighted by atomic mass is 10.2. The number of hydrogen-bond acceptors (Lipinski definition) is 3. The molecule has 0 radical (unpaired) electrons. The van der Waals surface area contributed by atoms with Crippen molar-refractivity contribution in [3.05, 3.63) is 59.9 Å². The standard InChI is InChI=1S/C18H23N3O/c1-2-3-7-11-20-18(22)17-13-16(10-12-19-17)21-14-15-8-5-4-6-9-15/h4-6,8-10,12-13H,2-3,7,11,14H2,1H3,(H,19,21)(H,20,22). The van der Waals surface area contributed by atoms with E-state index in [2.05, 4.69) is 34.7 Å². The molecule has 2 aromatic rings. The number of pyridine rings is 1. The first-order valence-corrected chi connectivity index (χ1v) is 7.81. The van der Waals surface area contributed by atoms with E-state index in [4.69, 9.17) is 0 Å². The van der Waals surface area contributed by atoms with Gasteiger partial charge in [-0.05, 0) is 24.1 Å². The van der Waals surface area contributed by atoms with E-state index >= 15 is 0 Å². The number of carbonyl (C=O) groups is 1. The molecule has 1 amide bonds. The van der Waals surface area contributed by atoms with E-state index in [1.165, 1.54) is 5.56 Å². The Morgan fingerprint density at radius 3 is 2.73 bits per heavy atom. The van der Waals surface area contributed by atoms with E-state index in [0.717, 1.165) is 31.5 Å². The molecule has 0 aliphatic heterocycles.